The zero-order valence-corrected chi connectivity index (χ0v) is 9.63. The molecule has 0 saturated heterocycles. The number of pyridine rings is 1. The van der Waals surface area contributed by atoms with Gasteiger partial charge in [-0.25, -0.2) is 4.68 Å². The number of hydrogen-bond donors (Lipinski definition) is 0. The SMILES string of the molecule is C=CCc1[c]ncc(CC=C)c1-n1cccn1. The number of rotatable bonds is 5. The quantitative estimate of drug-likeness (QED) is 0.731. The summed E-state index contributed by atoms with van der Waals surface area (Å²) in [7, 11) is 0. The van der Waals surface area contributed by atoms with Gasteiger partial charge in [-0.15, -0.1) is 13.2 Å². The molecule has 2 heterocycles. The first-order valence-electron chi connectivity index (χ1n) is 5.47. The minimum absolute atomic E-state index is 0.729. The first-order chi connectivity index (χ1) is 8.36. The van der Waals surface area contributed by atoms with Gasteiger partial charge in [0.25, 0.3) is 0 Å². The lowest BCUT2D eigenvalue weighted by Crippen LogP contribution is -2.05. The van der Waals surface area contributed by atoms with Gasteiger partial charge in [-0.3, -0.25) is 4.98 Å². The van der Waals surface area contributed by atoms with Gasteiger partial charge >= 0.3 is 0 Å². The zero-order chi connectivity index (χ0) is 12.1. The van der Waals surface area contributed by atoms with Crippen LogP contribution in [0.15, 0.2) is 50.0 Å². The smallest absolute Gasteiger partial charge is 0.0946 e. The summed E-state index contributed by atoms with van der Waals surface area (Å²) in [5.41, 5.74) is 3.13. The third-order valence-electron chi connectivity index (χ3n) is 2.46. The van der Waals surface area contributed by atoms with E-state index in [-0.39, 0.29) is 0 Å². The molecule has 85 valence electrons. The summed E-state index contributed by atoms with van der Waals surface area (Å²) >= 11 is 0. The zero-order valence-electron chi connectivity index (χ0n) is 9.63. The second kappa shape index (κ2) is 5.25. The molecule has 0 saturated carbocycles. The summed E-state index contributed by atoms with van der Waals surface area (Å²) in [4.78, 5) is 4.13. The largest absolute Gasteiger partial charge is 0.254 e. The van der Waals surface area contributed by atoms with Gasteiger partial charge in [0.1, 0.15) is 0 Å². The van der Waals surface area contributed by atoms with Crippen LogP contribution >= 0.6 is 0 Å². The van der Waals surface area contributed by atoms with Crippen LogP contribution in [0.4, 0.5) is 0 Å². The number of hydrogen-bond acceptors (Lipinski definition) is 2. The molecular weight excluding hydrogens is 210 g/mol. The Morgan fingerprint density at radius 2 is 2.12 bits per heavy atom. The van der Waals surface area contributed by atoms with Crippen molar-refractivity contribution in [1.82, 2.24) is 14.8 Å². The molecule has 0 spiro atoms. The Kier molecular flexibility index (Phi) is 3.50. The van der Waals surface area contributed by atoms with Gasteiger partial charge in [-0.05, 0) is 18.9 Å². The van der Waals surface area contributed by atoms with E-state index in [1.54, 1.807) is 6.20 Å². The topological polar surface area (TPSA) is 30.7 Å². The standard InChI is InChI=1S/C14H14N3/c1-3-6-12-10-15-11-13(7-4-2)14(12)17-9-5-8-16-17/h3-5,8-10H,1-2,6-7H2. The fraction of sp³-hybridized carbons (Fsp3) is 0.143. The highest BCUT2D eigenvalue weighted by molar-refractivity contribution is 5.46. The molecule has 0 aromatic carbocycles. The molecule has 0 N–H and O–H groups in total. The molecule has 0 fully saturated rings. The molecule has 0 aliphatic carbocycles. The van der Waals surface area contributed by atoms with Crippen LogP contribution in [-0.2, 0) is 12.8 Å². The molecule has 2 rings (SSSR count). The van der Waals surface area contributed by atoms with Crippen LogP contribution < -0.4 is 0 Å². The molecule has 17 heavy (non-hydrogen) atoms. The van der Waals surface area contributed by atoms with Crippen LogP contribution in [0.2, 0.25) is 0 Å². The fourth-order valence-electron chi connectivity index (χ4n) is 1.77. The summed E-state index contributed by atoms with van der Waals surface area (Å²) in [5, 5.41) is 4.27. The van der Waals surface area contributed by atoms with Crippen LogP contribution in [0.3, 0.4) is 0 Å². The molecule has 0 atom stereocenters. The molecule has 3 nitrogen and oxygen atoms in total. The molecular formula is C14H14N3. The van der Waals surface area contributed by atoms with Crippen molar-refractivity contribution in [3.05, 3.63) is 67.3 Å². The average molecular weight is 224 g/mol. The molecule has 0 amide bonds. The maximum atomic E-state index is 4.27. The van der Waals surface area contributed by atoms with Crippen molar-refractivity contribution in [2.45, 2.75) is 12.8 Å². The average Bonchev–Trinajstić information content (AvgIpc) is 2.84. The van der Waals surface area contributed by atoms with E-state index < -0.39 is 0 Å². The van der Waals surface area contributed by atoms with E-state index >= 15 is 0 Å². The predicted octanol–water partition coefficient (Wildman–Crippen LogP) is 2.52. The first kappa shape index (κ1) is 11.3. The fourth-order valence-corrected chi connectivity index (χ4v) is 1.77. The van der Waals surface area contributed by atoms with Crippen molar-refractivity contribution in [3.63, 3.8) is 0 Å². The maximum Gasteiger partial charge on any atom is 0.0946 e. The van der Waals surface area contributed by atoms with Crippen molar-refractivity contribution < 1.29 is 0 Å². The number of allylic oxidation sites excluding steroid dienone is 2. The number of nitrogens with zero attached hydrogens (tertiary/aromatic N) is 3. The van der Waals surface area contributed by atoms with Crippen LogP contribution in [0, 0.1) is 6.20 Å². The summed E-state index contributed by atoms with van der Waals surface area (Å²) in [6, 6.07) is 1.90. The number of aromatic nitrogens is 3. The van der Waals surface area contributed by atoms with Crippen molar-refractivity contribution in [1.29, 1.82) is 0 Å². The van der Waals surface area contributed by atoms with E-state index in [0.717, 1.165) is 29.7 Å². The second-order valence-electron chi connectivity index (χ2n) is 3.66. The third kappa shape index (κ3) is 2.33. The second-order valence-corrected chi connectivity index (χ2v) is 3.66. The van der Waals surface area contributed by atoms with Gasteiger partial charge < -0.3 is 0 Å². The summed E-state index contributed by atoms with van der Waals surface area (Å²) in [6.45, 7) is 7.52. The monoisotopic (exact) mass is 224 g/mol. The minimum atomic E-state index is 0.729. The minimum Gasteiger partial charge on any atom is -0.254 e. The van der Waals surface area contributed by atoms with E-state index in [2.05, 4.69) is 29.4 Å². The lowest BCUT2D eigenvalue weighted by atomic mass is 10.1. The molecule has 1 radical (unpaired) electrons. The van der Waals surface area contributed by atoms with Gasteiger partial charge in [-0.1, -0.05) is 12.2 Å². The van der Waals surface area contributed by atoms with Gasteiger partial charge in [0.15, 0.2) is 0 Å². The maximum absolute atomic E-state index is 4.27. The Morgan fingerprint density at radius 1 is 1.29 bits per heavy atom. The molecule has 0 aliphatic heterocycles. The van der Waals surface area contributed by atoms with Crippen molar-refractivity contribution >= 4 is 0 Å². The normalized spacial score (nSPS) is 10.1. The Bertz CT molecular complexity index is 484. The van der Waals surface area contributed by atoms with Gasteiger partial charge in [0.05, 0.1) is 11.9 Å². The lowest BCUT2D eigenvalue weighted by Gasteiger charge is -2.11. The van der Waals surface area contributed by atoms with E-state index in [1.807, 2.05) is 35.3 Å². The molecule has 2 aromatic rings. The highest BCUT2D eigenvalue weighted by Crippen LogP contribution is 2.19. The Hall–Kier alpha value is -2.16. The van der Waals surface area contributed by atoms with Crippen LogP contribution in [-0.4, -0.2) is 14.8 Å². The van der Waals surface area contributed by atoms with E-state index in [0.29, 0.717) is 0 Å². The van der Waals surface area contributed by atoms with Crippen molar-refractivity contribution in [3.8, 4) is 5.69 Å². The van der Waals surface area contributed by atoms with Gasteiger partial charge in [0, 0.05) is 29.7 Å². The predicted molar refractivity (Wildman–Crippen MR) is 68.0 cm³/mol. The molecule has 0 unspecified atom stereocenters. The van der Waals surface area contributed by atoms with E-state index in [1.165, 1.54) is 0 Å². The van der Waals surface area contributed by atoms with Crippen LogP contribution in [0.5, 0.6) is 0 Å². The molecule has 3 heteroatoms. The van der Waals surface area contributed by atoms with E-state index in [4.69, 9.17) is 0 Å². The Morgan fingerprint density at radius 3 is 2.76 bits per heavy atom. The Labute approximate surface area is 101 Å². The van der Waals surface area contributed by atoms with Crippen molar-refractivity contribution in [2.24, 2.45) is 0 Å². The van der Waals surface area contributed by atoms with Crippen molar-refractivity contribution in [2.75, 3.05) is 0 Å². The first-order valence-corrected chi connectivity index (χ1v) is 5.47. The third-order valence-corrected chi connectivity index (χ3v) is 2.46. The van der Waals surface area contributed by atoms with Gasteiger partial charge in [-0.2, -0.15) is 5.10 Å². The molecule has 0 bridgehead atoms. The van der Waals surface area contributed by atoms with Crippen LogP contribution in [0.1, 0.15) is 11.1 Å². The highest BCUT2D eigenvalue weighted by Gasteiger charge is 2.10. The summed E-state index contributed by atoms with van der Waals surface area (Å²) < 4.78 is 1.84. The Balaban J connectivity index is 2.57. The van der Waals surface area contributed by atoms with Gasteiger partial charge in [0.2, 0.25) is 0 Å². The van der Waals surface area contributed by atoms with Crippen LogP contribution in [0.25, 0.3) is 5.69 Å². The van der Waals surface area contributed by atoms with E-state index in [9.17, 15) is 0 Å². The lowest BCUT2D eigenvalue weighted by molar-refractivity contribution is 0.847. The highest BCUT2D eigenvalue weighted by atomic mass is 15.3. The summed E-state index contributed by atoms with van der Waals surface area (Å²) in [5.74, 6) is 0. The molecule has 2 aromatic heterocycles. The molecule has 0 aliphatic rings. The summed E-state index contributed by atoms with van der Waals surface area (Å²) in [6.07, 6.45) is 13.7.